The summed E-state index contributed by atoms with van der Waals surface area (Å²) in [6.45, 7) is 4.02. The Hall–Kier alpha value is -2.46. The molecular formula is C25H30FIN4O2. The SMILES string of the molecule is CN=C(NCCc1coc(-c2ccc(F)cc2)n1)N1CCC(COCc2ccccc2)C1.I. The predicted octanol–water partition coefficient (Wildman–Crippen LogP) is 4.76. The van der Waals surface area contributed by atoms with Gasteiger partial charge >= 0.3 is 0 Å². The van der Waals surface area contributed by atoms with E-state index < -0.39 is 0 Å². The van der Waals surface area contributed by atoms with Gasteiger partial charge in [0.2, 0.25) is 5.89 Å². The monoisotopic (exact) mass is 564 g/mol. The van der Waals surface area contributed by atoms with Crippen molar-refractivity contribution >= 4 is 29.9 Å². The van der Waals surface area contributed by atoms with Crippen LogP contribution >= 0.6 is 24.0 Å². The summed E-state index contributed by atoms with van der Waals surface area (Å²) < 4.78 is 24.6. The molecule has 1 saturated heterocycles. The number of guanidine groups is 1. The van der Waals surface area contributed by atoms with Crippen molar-refractivity contribution in [3.8, 4) is 11.5 Å². The van der Waals surface area contributed by atoms with Gasteiger partial charge in [0, 0.05) is 44.6 Å². The molecule has 2 aromatic carbocycles. The lowest BCUT2D eigenvalue weighted by molar-refractivity contribution is 0.0907. The van der Waals surface area contributed by atoms with E-state index in [1.54, 1.807) is 18.4 Å². The Labute approximate surface area is 211 Å². The number of hydrogen-bond donors (Lipinski definition) is 1. The van der Waals surface area contributed by atoms with Gasteiger partial charge in [0.05, 0.1) is 18.9 Å². The summed E-state index contributed by atoms with van der Waals surface area (Å²) >= 11 is 0. The standard InChI is InChI=1S/C25H29FN4O2.HI/c1-27-25(30-14-12-20(15-30)17-31-16-19-5-3-2-4-6-19)28-13-11-23-18-32-24(29-23)21-7-9-22(26)10-8-21;/h2-10,18,20H,11-17H2,1H3,(H,27,28);1H. The molecular weight excluding hydrogens is 534 g/mol. The third-order valence-electron chi connectivity index (χ3n) is 5.57. The highest BCUT2D eigenvalue weighted by Crippen LogP contribution is 2.19. The van der Waals surface area contributed by atoms with E-state index in [4.69, 9.17) is 9.15 Å². The van der Waals surface area contributed by atoms with E-state index in [0.29, 0.717) is 31.4 Å². The number of ether oxygens (including phenoxy) is 1. The minimum Gasteiger partial charge on any atom is -0.444 e. The summed E-state index contributed by atoms with van der Waals surface area (Å²) in [5.41, 5.74) is 2.81. The summed E-state index contributed by atoms with van der Waals surface area (Å²) in [5, 5.41) is 3.42. The molecule has 1 aromatic heterocycles. The number of benzene rings is 2. The zero-order valence-corrected chi connectivity index (χ0v) is 21.1. The van der Waals surface area contributed by atoms with E-state index in [1.807, 2.05) is 25.2 Å². The lowest BCUT2D eigenvalue weighted by Crippen LogP contribution is -2.41. The number of aliphatic imine (C=N–C) groups is 1. The Bertz CT molecular complexity index is 1010. The zero-order chi connectivity index (χ0) is 22.2. The number of aromatic nitrogens is 1. The van der Waals surface area contributed by atoms with Crippen molar-refractivity contribution in [3.05, 3.63) is 77.9 Å². The number of oxazole rings is 1. The summed E-state index contributed by atoms with van der Waals surface area (Å²) in [6, 6.07) is 16.4. The van der Waals surface area contributed by atoms with E-state index in [1.165, 1.54) is 17.7 Å². The molecule has 1 atom stereocenters. The van der Waals surface area contributed by atoms with Crippen LogP contribution in [0, 0.1) is 11.7 Å². The Morgan fingerprint density at radius 1 is 1.21 bits per heavy atom. The molecule has 3 aromatic rings. The molecule has 0 aliphatic carbocycles. The molecule has 33 heavy (non-hydrogen) atoms. The minimum atomic E-state index is -0.275. The van der Waals surface area contributed by atoms with Gasteiger partial charge in [0.15, 0.2) is 5.96 Å². The van der Waals surface area contributed by atoms with Gasteiger partial charge in [0.25, 0.3) is 0 Å². The van der Waals surface area contributed by atoms with Gasteiger partial charge in [-0.15, -0.1) is 24.0 Å². The van der Waals surface area contributed by atoms with Crippen molar-refractivity contribution in [2.24, 2.45) is 10.9 Å². The molecule has 0 bridgehead atoms. The maximum absolute atomic E-state index is 13.1. The molecule has 6 nitrogen and oxygen atoms in total. The number of rotatable bonds is 8. The second-order valence-electron chi connectivity index (χ2n) is 7.98. The Morgan fingerprint density at radius 3 is 2.76 bits per heavy atom. The molecule has 1 aliphatic rings. The normalized spacial score (nSPS) is 16.0. The first-order valence-electron chi connectivity index (χ1n) is 11.0. The lowest BCUT2D eigenvalue weighted by atomic mass is 10.1. The number of nitrogens with one attached hydrogen (secondary N) is 1. The smallest absolute Gasteiger partial charge is 0.226 e. The van der Waals surface area contributed by atoms with E-state index in [9.17, 15) is 4.39 Å². The summed E-state index contributed by atoms with van der Waals surface area (Å²) in [4.78, 5) is 11.2. The first kappa shape index (κ1) is 25.2. The van der Waals surface area contributed by atoms with Crippen molar-refractivity contribution in [3.63, 3.8) is 0 Å². The molecule has 4 rings (SSSR count). The maximum Gasteiger partial charge on any atom is 0.226 e. The fraction of sp³-hybridized carbons (Fsp3) is 0.360. The van der Waals surface area contributed by atoms with E-state index >= 15 is 0 Å². The summed E-state index contributed by atoms with van der Waals surface area (Å²) in [7, 11) is 1.81. The van der Waals surface area contributed by atoms with Crippen LogP contribution in [0.4, 0.5) is 4.39 Å². The first-order chi connectivity index (χ1) is 15.7. The first-order valence-corrected chi connectivity index (χ1v) is 11.0. The topological polar surface area (TPSA) is 62.9 Å². The zero-order valence-electron chi connectivity index (χ0n) is 18.7. The molecule has 0 amide bonds. The van der Waals surface area contributed by atoms with Gasteiger partial charge in [-0.2, -0.15) is 0 Å². The van der Waals surface area contributed by atoms with Gasteiger partial charge in [-0.1, -0.05) is 30.3 Å². The molecule has 8 heteroatoms. The van der Waals surface area contributed by atoms with Crippen molar-refractivity contribution in [2.75, 3.05) is 33.3 Å². The van der Waals surface area contributed by atoms with Crippen LogP contribution in [0.15, 0.2) is 70.3 Å². The minimum absolute atomic E-state index is 0. The van der Waals surface area contributed by atoms with Gasteiger partial charge < -0.3 is 19.4 Å². The Balaban J connectivity index is 0.00000306. The van der Waals surface area contributed by atoms with Crippen LogP contribution in [0.5, 0.6) is 0 Å². The van der Waals surface area contributed by atoms with Crippen LogP contribution in [0.3, 0.4) is 0 Å². The van der Waals surface area contributed by atoms with Crippen LogP contribution in [0.25, 0.3) is 11.5 Å². The Morgan fingerprint density at radius 2 is 2.00 bits per heavy atom. The van der Waals surface area contributed by atoms with Crippen LogP contribution < -0.4 is 5.32 Å². The predicted molar refractivity (Wildman–Crippen MR) is 138 cm³/mol. The third-order valence-corrected chi connectivity index (χ3v) is 5.57. The van der Waals surface area contributed by atoms with Gasteiger partial charge in [-0.05, 0) is 36.2 Å². The Kier molecular flexibility index (Phi) is 9.68. The van der Waals surface area contributed by atoms with Crippen LogP contribution in [-0.2, 0) is 17.8 Å². The molecule has 176 valence electrons. The van der Waals surface area contributed by atoms with Crippen LogP contribution in [-0.4, -0.2) is 49.1 Å². The average molecular weight is 564 g/mol. The second kappa shape index (κ2) is 12.7. The largest absolute Gasteiger partial charge is 0.444 e. The highest BCUT2D eigenvalue weighted by Gasteiger charge is 2.25. The third kappa shape index (κ3) is 7.26. The van der Waals surface area contributed by atoms with Crippen molar-refractivity contribution in [2.45, 2.75) is 19.4 Å². The molecule has 1 aliphatic heterocycles. The quantitative estimate of drug-likeness (QED) is 0.243. The van der Waals surface area contributed by atoms with E-state index in [0.717, 1.165) is 43.3 Å². The van der Waals surface area contributed by atoms with Crippen molar-refractivity contribution in [1.29, 1.82) is 0 Å². The van der Waals surface area contributed by atoms with Crippen LogP contribution in [0.2, 0.25) is 0 Å². The van der Waals surface area contributed by atoms with Crippen molar-refractivity contribution in [1.82, 2.24) is 15.2 Å². The molecule has 0 radical (unpaired) electrons. The fourth-order valence-corrected chi connectivity index (χ4v) is 3.86. The second-order valence-corrected chi connectivity index (χ2v) is 7.98. The fourth-order valence-electron chi connectivity index (χ4n) is 3.86. The summed E-state index contributed by atoms with van der Waals surface area (Å²) in [5.74, 6) is 1.63. The van der Waals surface area contributed by atoms with Gasteiger partial charge in [-0.3, -0.25) is 4.99 Å². The maximum atomic E-state index is 13.1. The molecule has 0 saturated carbocycles. The van der Waals surface area contributed by atoms with Gasteiger partial charge in [0.1, 0.15) is 12.1 Å². The molecule has 2 heterocycles. The molecule has 1 fully saturated rings. The lowest BCUT2D eigenvalue weighted by Gasteiger charge is -2.21. The molecule has 1 N–H and O–H groups in total. The van der Waals surface area contributed by atoms with Crippen molar-refractivity contribution < 1.29 is 13.5 Å². The number of nitrogens with zero attached hydrogens (tertiary/aromatic N) is 3. The highest BCUT2D eigenvalue weighted by atomic mass is 127. The molecule has 0 spiro atoms. The van der Waals surface area contributed by atoms with E-state index in [2.05, 4.69) is 32.3 Å². The van der Waals surface area contributed by atoms with Crippen LogP contribution in [0.1, 0.15) is 17.7 Å². The highest BCUT2D eigenvalue weighted by molar-refractivity contribution is 14.0. The summed E-state index contributed by atoms with van der Waals surface area (Å²) in [6.07, 6.45) is 3.46. The average Bonchev–Trinajstić information content (AvgIpc) is 3.48. The van der Waals surface area contributed by atoms with E-state index in [-0.39, 0.29) is 29.8 Å². The number of halogens is 2. The van der Waals surface area contributed by atoms with Gasteiger partial charge in [-0.25, -0.2) is 9.37 Å². The number of likely N-dealkylation sites (tertiary alicyclic amines) is 1. The molecule has 1 unspecified atom stereocenters. The number of hydrogen-bond acceptors (Lipinski definition) is 4.